The number of aryl methyl sites for hydroxylation is 1. The Morgan fingerprint density at radius 2 is 1.76 bits per heavy atom. The molecule has 0 unspecified atom stereocenters. The molecule has 2 nitrogen and oxygen atoms in total. The van der Waals surface area contributed by atoms with Crippen LogP contribution in [-0.4, -0.2) is 4.57 Å². The van der Waals surface area contributed by atoms with Gasteiger partial charge in [0.1, 0.15) is 0 Å². The quantitative estimate of drug-likeness (QED) is 0.673. The van der Waals surface area contributed by atoms with Gasteiger partial charge in [0.2, 0.25) is 0 Å². The number of para-hydroxylation sites is 1. The molecule has 0 amide bonds. The van der Waals surface area contributed by atoms with E-state index in [0.717, 1.165) is 5.56 Å². The van der Waals surface area contributed by atoms with E-state index in [1.54, 1.807) is 0 Å². The van der Waals surface area contributed by atoms with Crippen molar-refractivity contribution in [3.8, 4) is 0 Å². The molecule has 0 spiro atoms. The van der Waals surface area contributed by atoms with Crippen LogP contribution in [0.25, 0.3) is 27.5 Å². The zero-order valence-electron chi connectivity index (χ0n) is 9.77. The Labute approximate surface area is 100.0 Å². The third-order valence-corrected chi connectivity index (χ3v) is 3.28. The number of hydrogen-bond acceptors (Lipinski definition) is 1. The second-order valence-electron chi connectivity index (χ2n) is 4.33. The van der Waals surface area contributed by atoms with E-state index in [0.29, 0.717) is 5.70 Å². The molecular formula is C15H14N2. The van der Waals surface area contributed by atoms with Crippen LogP contribution in [0, 0.1) is 0 Å². The maximum atomic E-state index is 5.75. The van der Waals surface area contributed by atoms with Gasteiger partial charge in [0.25, 0.3) is 0 Å². The van der Waals surface area contributed by atoms with Crippen molar-refractivity contribution in [1.82, 2.24) is 4.57 Å². The Morgan fingerprint density at radius 1 is 1.06 bits per heavy atom. The summed E-state index contributed by atoms with van der Waals surface area (Å²) in [5.41, 5.74) is 9.82. The van der Waals surface area contributed by atoms with Crippen LogP contribution >= 0.6 is 0 Å². The van der Waals surface area contributed by atoms with E-state index in [1.807, 2.05) is 6.07 Å². The summed E-state index contributed by atoms with van der Waals surface area (Å²) in [7, 11) is 2.08. The van der Waals surface area contributed by atoms with E-state index in [9.17, 15) is 0 Å². The first-order valence-corrected chi connectivity index (χ1v) is 5.60. The maximum absolute atomic E-state index is 5.75. The number of aromatic nitrogens is 1. The van der Waals surface area contributed by atoms with Crippen molar-refractivity contribution >= 4 is 27.5 Å². The number of nitrogens with zero attached hydrogens (tertiary/aromatic N) is 1. The minimum Gasteiger partial charge on any atom is -0.399 e. The molecule has 84 valence electrons. The Morgan fingerprint density at radius 3 is 2.53 bits per heavy atom. The lowest BCUT2D eigenvalue weighted by Crippen LogP contribution is -1.93. The maximum Gasteiger partial charge on any atom is 0.0489 e. The largest absolute Gasteiger partial charge is 0.399 e. The van der Waals surface area contributed by atoms with Crippen LogP contribution in [0.3, 0.4) is 0 Å². The second-order valence-corrected chi connectivity index (χ2v) is 4.33. The molecule has 2 heteroatoms. The number of rotatable bonds is 1. The number of nitrogens with two attached hydrogens (primary N) is 1. The van der Waals surface area contributed by atoms with E-state index in [2.05, 4.69) is 54.6 Å². The van der Waals surface area contributed by atoms with Crippen LogP contribution in [0.4, 0.5) is 0 Å². The Balaban J connectivity index is 2.50. The second kappa shape index (κ2) is 3.39. The van der Waals surface area contributed by atoms with Crippen molar-refractivity contribution < 1.29 is 0 Å². The van der Waals surface area contributed by atoms with Gasteiger partial charge in [-0.1, -0.05) is 30.8 Å². The van der Waals surface area contributed by atoms with Gasteiger partial charge in [0, 0.05) is 34.6 Å². The van der Waals surface area contributed by atoms with Gasteiger partial charge in [-0.2, -0.15) is 0 Å². The van der Waals surface area contributed by atoms with Gasteiger partial charge in [-0.25, -0.2) is 0 Å². The molecule has 1 heterocycles. The monoisotopic (exact) mass is 222 g/mol. The molecule has 1 aromatic heterocycles. The van der Waals surface area contributed by atoms with Crippen molar-refractivity contribution in [1.29, 1.82) is 0 Å². The SMILES string of the molecule is C=C(N)c1ccc2c(c1)c1ccccc1n2C. The van der Waals surface area contributed by atoms with E-state index in [1.165, 1.54) is 21.8 Å². The Bertz CT molecular complexity index is 735. The molecule has 2 aromatic carbocycles. The van der Waals surface area contributed by atoms with Gasteiger partial charge in [-0.05, 0) is 23.8 Å². The lowest BCUT2D eigenvalue weighted by molar-refractivity contribution is 1.01. The predicted molar refractivity (Wildman–Crippen MR) is 73.6 cm³/mol. The summed E-state index contributed by atoms with van der Waals surface area (Å²) in [6.45, 7) is 3.79. The highest BCUT2D eigenvalue weighted by atomic mass is 14.9. The number of fused-ring (bicyclic) bond motifs is 3. The summed E-state index contributed by atoms with van der Waals surface area (Å²) in [6.07, 6.45) is 0. The molecule has 0 aliphatic rings. The first-order chi connectivity index (χ1) is 8.18. The van der Waals surface area contributed by atoms with Crippen LogP contribution in [0.15, 0.2) is 49.0 Å². The van der Waals surface area contributed by atoms with Crippen LogP contribution in [0.2, 0.25) is 0 Å². The Kier molecular flexibility index (Phi) is 1.99. The minimum absolute atomic E-state index is 0.611. The molecule has 0 bridgehead atoms. The fourth-order valence-electron chi connectivity index (χ4n) is 2.37. The third-order valence-electron chi connectivity index (χ3n) is 3.28. The molecule has 0 saturated heterocycles. The van der Waals surface area contributed by atoms with E-state index in [-0.39, 0.29) is 0 Å². The zero-order chi connectivity index (χ0) is 12.0. The van der Waals surface area contributed by atoms with Crippen LogP contribution < -0.4 is 5.73 Å². The summed E-state index contributed by atoms with van der Waals surface area (Å²) in [4.78, 5) is 0. The minimum atomic E-state index is 0.611. The van der Waals surface area contributed by atoms with Gasteiger partial charge >= 0.3 is 0 Å². The van der Waals surface area contributed by atoms with Crippen molar-refractivity contribution in [2.45, 2.75) is 0 Å². The van der Waals surface area contributed by atoms with E-state index >= 15 is 0 Å². The molecule has 0 fully saturated rings. The molecule has 0 saturated carbocycles. The van der Waals surface area contributed by atoms with Crippen molar-refractivity contribution in [3.05, 3.63) is 54.6 Å². The summed E-state index contributed by atoms with van der Waals surface area (Å²) in [5.74, 6) is 0. The van der Waals surface area contributed by atoms with E-state index < -0.39 is 0 Å². The predicted octanol–water partition coefficient (Wildman–Crippen LogP) is 3.26. The summed E-state index contributed by atoms with van der Waals surface area (Å²) >= 11 is 0. The first-order valence-electron chi connectivity index (χ1n) is 5.60. The molecule has 0 aliphatic carbocycles. The van der Waals surface area contributed by atoms with Crippen molar-refractivity contribution in [3.63, 3.8) is 0 Å². The highest BCUT2D eigenvalue weighted by Crippen LogP contribution is 2.29. The van der Waals surface area contributed by atoms with Crippen LogP contribution in [-0.2, 0) is 7.05 Å². The van der Waals surface area contributed by atoms with Gasteiger partial charge in [-0.15, -0.1) is 0 Å². The van der Waals surface area contributed by atoms with Gasteiger partial charge in [0.05, 0.1) is 0 Å². The molecule has 0 atom stereocenters. The molecule has 0 aliphatic heterocycles. The average molecular weight is 222 g/mol. The van der Waals surface area contributed by atoms with Crippen molar-refractivity contribution in [2.24, 2.45) is 12.8 Å². The number of hydrogen-bond donors (Lipinski definition) is 1. The van der Waals surface area contributed by atoms with E-state index in [4.69, 9.17) is 5.73 Å². The fourth-order valence-corrected chi connectivity index (χ4v) is 2.37. The van der Waals surface area contributed by atoms with Gasteiger partial charge < -0.3 is 10.3 Å². The van der Waals surface area contributed by atoms with Crippen LogP contribution in [0.5, 0.6) is 0 Å². The average Bonchev–Trinajstić information content (AvgIpc) is 2.64. The summed E-state index contributed by atoms with van der Waals surface area (Å²) < 4.78 is 2.20. The van der Waals surface area contributed by atoms with Gasteiger partial charge in [-0.3, -0.25) is 0 Å². The van der Waals surface area contributed by atoms with Crippen LogP contribution in [0.1, 0.15) is 5.56 Å². The third kappa shape index (κ3) is 1.34. The molecule has 2 N–H and O–H groups in total. The zero-order valence-corrected chi connectivity index (χ0v) is 9.77. The summed E-state index contributed by atoms with van der Waals surface area (Å²) in [5, 5.41) is 2.49. The Hall–Kier alpha value is -2.22. The standard InChI is InChI=1S/C15H14N2/c1-10(16)11-7-8-15-13(9-11)12-5-3-4-6-14(12)17(15)2/h3-9H,1,16H2,2H3. The topological polar surface area (TPSA) is 30.9 Å². The lowest BCUT2D eigenvalue weighted by atomic mass is 10.1. The molecule has 3 aromatic rings. The highest BCUT2D eigenvalue weighted by Gasteiger charge is 2.07. The number of benzene rings is 2. The smallest absolute Gasteiger partial charge is 0.0489 e. The molecule has 3 rings (SSSR count). The fraction of sp³-hybridized carbons (Fsp3) is 0.0667. The molecule has 0 radical (unpaired) electrons. The normalized spacial score (nSPS) is 11.1. The molecular weight excluding hydrogens is 208 g/mol. The highest BCUT2D eigenvalue weighted by molar-refractivity contribution is 6.08. The lowest BCUT2D eigenvalue weighted by Gasteiger charge is -2.01. The molecule has 17 heavy (non-hydrogen) atoms. The van der Waals surface area contributed by atoms with Gasteiger partial charge in [0.15, 0.2) is 0 Å². The van der Waals surface area contributed by atoms with Crippen molar-refractivity contribution in [2.75, 3.05) is 0 Å². The summed E-state index contributed by atoms with van der Waals surface area (Å²) in [6, 6.07) is 14.6. The first kappa shape index (κ1) is 9.97.